The molecule has 2 aromatic heterocycles. The van der Waals surface area contributed by atoms with E-state index >= 15 is 0 Å². The van der Waals surface area contributed by atoms with Crippen LogP contribution in [0.3, 0.4) is 0 Å². The maximum absolute atomic E-state index is 4.61. The molecule has 0 atom stereocenters. The molecule has 3 nitrogen and oxygen atoms in total. The summed E-state index contributed by atoms with van der Waals surface area (Å²) in [7, 11) is 2.22. The first kappa shape index (κ1) is 9.66. The Morgan fingerprint density at radius 1 is 1.41 bits per heavy atom. The second-order valence-corrected chi connectivity index (χ2v) is 5.68. The molecule has 17 heavy (non-hydrogen) atoms. The summed E-state index contributed by atoms with van der Waals surface area (Å²) < 4.78 is 0. The molecule has 0 amide bonds. The van der Waals surface area contributed by atoms with Crippen LogP contribution in [0.5, 0.6) is 0 Å². The molecule has 1 spiro atoms. The topological polar surface area (TPSA) is 31.9 Å². The lowest BCUT2D eigenvalue weighted by Gasteiger charge is -2.48. The predicted octanol–water partition coefficient (Wildman–Crippen LogP) is 2.43. The average Bonchev–Trinajstić information content (AvgIpc) is 2.63. The van der Waals surface area contributed by atoms with Gasteiger partial charge in [-0.25, -0.2) is 0 Å². The van der Waals surface area contributed by atoms with Crippen molar-refractivity contribution >= 4 is 11.0 Å². The number of aromatic nitrogens is 2. The van der Waals surface area contributed by atoms with E-state index < -0.39 is 0 Å². The Labute approximate surface area is 101 Å². The van der Waals surface area contributed by atoms with Crippen molar-refractivity contribution in [3.63, 3.8) is 0 Å². The van der Waals surface area contributed by atoms with E-state index in [0.717, 1.165) is 6.54 Å². The molecule has 1 N–H and O–H groups in total. The second-order valence-electron chi connectivity index (χ2n) is 5.68. The summed E-state index contributed by atoms with van der Waals surface area (Å²) in [5.41, 5.74) is 5.74. The van der Waals surface area contributed by atoms with Gasteiger partial charge in [0.1, 0.15) is 0 Å². The Bertz CT molecular complexity index is 580. The van der Waals surface area contributed by atoms with Gasteiger partial charge < -0.3 is 4.98 Å². The Balaban J connectivity index is 2.02. The summed E-state index contributed by atoms with van der Waals surface area (Å²) in [6.45, 7) is 2.23. The van der Waals surface area contributed by atoms with E-state index in [-0.39, 0.29) is 0 Å². The SMILES string of the molecule is CN1Cc2[nH]c3cccnc3c2C2(CCC2)C1. The van der Waals surface area contributed by atoms with E-state index in [1.165, 1.54) is 48.1 Å². The van der Waals surface area contributed by atoms with Gasteiger partial charge in [-0.15, -0.1) is 0 Å². The Hall–Kier alpha value is -1.35. The third-order valence-corrected chi connectivity index (χ3v) is 4.47. The summed E-state index contributed by atoms with van der Waals surface area (Å²) >= 11 is 0. The molecular formula is C14H17N3. The lowest BCUT2D eigenvalue weighted by atomic mass is 9.62. The Kier molecular flexibility index (Phi) is 1.76. The molecule has 1 aliphatic carbocycles. The lowest BCUT2D eigenvalue weighted by Crippen LogP contribution is -2.48. The zero-order chi connectivity index (χ0) is 11.5. The van der Waals surface area contributed by atoms with Gasteiger partial charge in [0.2, 0.25) is 0 Å². The number of nitrogens with zero attached hydrogens (tertiary/aromatic N) is 2. The first-order valence-corrected chi connectivity index (χ1v) is 6.43. The molecule has 0 unspecified atom stereocenters. The average molecular weight is 227 g/mol. The number of aromatic amines is 1. The van der Waals surface area contributed by atoms with E-state index in [4.69, 9.17) is 0 Å². The van der Waals surface area contributed by atoms with Gasteiger partial charge in [0, 0.05) is 36.0 Å². The molecule has 1 fully saturated rings. The maximum Gasteiger partial charge on any atom is 0.0920 e. The molecule has 1 saturated carbocycles. The molecule has 1 aliphatic heterocycles. The van der Waals surface area contributed by atoms with Crippen LogP contribution in [0.2, 0.25) is 0 Å². The van der Waals surface area contributed by atoms with E-state index in [1.54, 1.807) is 0 Å². The highest BCUT2D eigenvalue weighted by molar-refractivity contribution is 5.82. The zero-order valence-electron chi connectivity index (χ0n) is 10.2. The Morgan fingerprint density at radius 2 is 2.29 bits per heavy atom. The highest BCUT2D eigenvalue weighted by Gasteiger charge is 2.45. The second kappa shape index (κ2) is 3.10. The molecule has 0 radical (unpaired) electrons. The summed E-state index contributed by atoms with van der Waals surface area (Å²) in [4.78, 5) is 10.6. The van der Waals surface area contributed by atoms with Crippen molar-refractivity contribution < 1.29 is 0 Å². The van der Waals surface area contributed by atoms with Gasteiger partial charge in [-0.3, -0.25) is 9.88 Å². The monoisotopic (exact) mass is 227 g/mol. The molecule has 3 heterocycles. The third-order valence-electron chi connectivity index (χ3n) is 4.47. The van der Waals surface area contributed by atoms with Gasteiger partial charge in [-0.1, -0.05) is 6.42 Å². The van der Waals surface area contributed by atoms with E-state index in [2.05, 4.69) is 28.0 Å². The van der Waals surface area contributed by atoms with Crippen molar-refractivity contribution in [1.29, 1.82) is 0 Å². The summed E-state index contributed by atoms with van der Waals surface area (Å²) in [5, 5.41) is 0. The molecule has 2 aliphatic rings. The third kappa shape index (κ3) is 1.18. The van der Waals surface area contributed by atoms with E-state index in [1.807, 2.05) is 12.3 Å². The molecule has 0 aromatic carbocycles. The van der Waals surface area contributed by atoms with Gasteiger partial charge in [0.15, 0.2) is 0 Å². The van der Waals surface area contributed by atoms with E-state index in [0.29, 0.717) is 5.41 Å². The minimum atomic E-state index is 0.398. The number of H-pyrrole nitrogens is 1. The van der Waals surface area contributed by atoms with Crippen LogP contribution < -0.4 is 0 Å². The number of hydrogen-bond donors (Lipinski definition) is 1. The largest absolute Gasteiger partial charge is 0.356 e. The predicted molar refractivity (Wildman–Crippen MR) is 68.0 cm³/mol. The van der Waals surface area contributed by atoms with Crippen molar-refractivity contribution in [1.82, 2.24) is 14.9 Å². The molecule has 3 heteroatoms. The fourth-order valence-electron chi connectivity index (χ4n) is 3.70. The molecule has 4 rings (SSSR count). The highest BCUT2D eigenvalue weighted by atomic mass is 15.1. The van der Waals surface area contributed by atoms with Gasteiger partial charge in [-0.05, 0) is 32.0 Å². The van der Waals surface area contributed by atoms with Crippen LogP contribution in [0.4, 0.5) is 0 Å². The van der Waals surface area contributed by atoms with Crippen LogP contribution in [-0.2, 0) is 12.0 Å². The number of rotatable bonds is 0. The fraction of sp³-hybridized carbons (Fsp3) is 0.500. The molecule has 0 bridgehead atoms. The number of nitrogens with one attached hydrogen (secondary N) is 1. The molecule has 0 saturated heterocycles. The van der Waals surface area contributed by atoms with Crippen molar-refractivity contribution in [2.45, 2.75) is 31.2 Å². The standard InChI is InChI=1S/C14H17N3/c1-17-8-11-12(14(9-17)5-3-6-14)13-10(16-11)4-2-7-15-13/h2,4,7,16H,3,5-6,8-9H2,1H3. The van der Waals surface area contributed by atoms with E-state index in [9.17, 15) is 0 Å². The van der Waals surface area contributed by atoms with Crippen molar-refractivity contribution in [2.24, 2.45) is 0 Å². The smallest absolute Gasteiger partial charge is 0.0920 e. The molecule has 88 valence electrons. The maximum atomic E-state index is 4.61. The molecular weight excluding hydrogens is 210 g/mol. The number of hydrogen-bond acceptors (Lipinski definition) is 2. The van der Waals surface area contributed by atoms with Crippen LogP contribution in [0, 0.1) is 0 Å². The number of fused-ring (bicyclic) bond motifs is 4. The Morgan fingerprint density at radius 3 is 3.06 bits per heavy atom. The zero-order valence-corrected chi connectivity index (χ0v) is 10.2. The highest BCUT2D eigenvalue weighted by Crippen LogP contribution is 2.49. The van der Waals surface area contributed by atoms with Crippen LogP contribution in [0.1, 0.15) is 30.5 Å². The van der Waals surface area contributed by atoms with Crippen LogP contribution in [0.15, 0.2) is 18.3 Å². The number of likely N-dealkylation sites (N-methyl/N-ethyl adjacent to an activating group) is 1. The van der Waals surface area contributed by atoms with Crippen molar-refractivity contribution in [3.8, 4) is 0 Å². The van der Waals surface area contributed by atoms with Gasteiger partial charge in [0.05, 0.1) is 11.0 Å². The first-order valence-electron chi connectivity index (χ1n) is 6.43. The van der Waals surface area contributed by atoms with Crippen molar-refractivity contribution in [2.75, 3.05) is 13.6 Å². The lowest BCUT2D eigenvalue weighted by molar-refractivity contribution is 0.135. The first-order chi connectivity index (χ1) is 8.28. The number of pyridine rings is 1. The minimum Gasteiger partial charge on any atom is -0.356 e. The van der Waals surface area contributed by atoms with Crippen LogP contribution in [-0.4, -0.2) is 28.5 Å². The van der Waals surface area contributed by atoms with Gasteiger partial charge in [0.25, 0.3) is 0 Å². The summed E-state index contributed by atoms with van der Waals surface area (Å²) in [5.74, 6) is 0. The van der Waals surface area contributed by atoms with Gasteiger partial charge in [-0.2, -0.15) is 0 Å². The summed E-state index contributed by atoms with van der Waals surface area (Å²) in [6, 6.07) is 4.16. The summed E-state index contributed by atoms with van der Waals surface area (Å²) in [6.07, 6.45) is 5.94. The fourth-order valence-corrected chi connectivity index (χ4v) is 3.70. The molecule has 2 aromatic rings. The van der Waals surface area contributed by atoms with Gasteiger partial charge >= 0.3 is 0 Å². The van der Waals surface area contributed by atoms with Crippen LogP contribution in [0.25, 0.3) is 11.0 Å². The van der Waals surface area contributed by atoms with Crippen LogP contribution >= 0.6 is 0 Å². The quantitative estimate of drug-likeness (QED) is 0.749. The van der Waals surface area contributed by atoms with Crippen molar-refractivity contribution in [3.05, 3.63) is 29.6 Å². The normalized spacial score (nSPS) is 22.6. The minimum absolute atomic E-state index is 0.398.